The largest absolute Gasteiger partial charge is 0.340 e. The van der Waals surface area contributed by atoms with Gasteiger partial charge in [-0.25, -0.2) is 9.29 Å². The number of carbonyl (C=O) groups is 3. The number of hydrogen-bond donors (Lipinski definition) is 0. The van der Waals surface area contributed by atoms with Crippen LogP contribution in [0.1, 0.15) is 12.0 Å². The quantitative estimate of drug-likeness (QED) is 0.742. The Bertz CT molecular complexity index is 909. The first-order valence-corrected chi connectivity index (χ1v) is 9.71. The van der Waals surface area contributed by atoms with Crippen LogP contribution in [0.2, 0.25) is 0 Å². The highest BCUT2D eigenvalue weighted by atomic mass is 19.1. The van der Waals surface area contributed by atoms with E-state index in [0.717, 1.165) is 10.5 Å². The molecule has 0 aromatic heterocycles. The molecule has 7 heteroatoms. The van der Waals surface area contributed by atoms with Crippen LogP contribution in [0.25, 0.3) is 0 Å². The molecular weight excluding hydrogens is 373 g/mol. The van der Waals surface area contributed by atoms with Crippen molar-refractivity contribution in [2.45, 2.75) is 18.9 Å². The van der Waals surface area contributed by atoms with Crippen molar-refractivity contribution < 1.29 is 18.8 Å². The summed E-state index contributed by atoms with van der Waals surface area (Å²) in [5.74, 6) is -0.918. The Morgan fingerprint density at radius 2 is 1.59 bits per heavy atom. The van der Waals surface area contributed by atoms with E-state index in [9.17, 15) is 18.8 Å². The van der Waals surface area contributed by atoms with Crippen molar-refractivity contribution in [3.05, 3.63) is 66.0 Å². The summed E-state index contributed by atoms with van der Waals surface area (Å²) in [5.41, 5.74) is 1.37. The summed E-state index contributed by atoms with van der Waals surface area (Å²) in [5, 5.41) is 0. The molecule has 2 aliphatic rings. The van der Waals surface area contributed by atoms with Crippen molar-refractivity contribution in [3.63, 3.8) is 0 Å². The molecule has 3 amide bonds. The van der Waals surface area contributed by atoms with Gasteiger partial charge < -0.3 is 4.90 Å². The van der Waals surface area contributed by atoms with Gasteiger partial charge in [-0.2, -0.15) is 0 Å². The van der Waals surface area contributed by atoms with Gasteiger partial charge in [0, 0.05) is 26.2 Å². The van der Waals surface area contributed by atoms with Gasteiger partial charge in [0.2, 0.25) is 11.8 Å². The fourth-order valence-electron chi connectivity index (χ4n) is 3.93. The summed E-state index contributed by atoms with van der Waals surface area (Å²) < 4.78 is 13.1. The minimum Gasteiger partial charge on any atom is -0.340 e. The zero-order valence-electron chi connectivity index (χ0n) is 16.0. The minimum absolute atomic E-state index is 0.0672. The standard InChI is InChI=1S/C22H22FN3O3/c23-17-6-8-18(9-7-17)26-21(28)15-19(22(26)29)24-10-12-25(13-11-24)20(27)14-16-4-2-1-3-5-16/h1-9,19H,10-15H2/t19-/m1/s1. The normalized spacial score (nSPS) is 20.4. The van der Waals surface area contributed by atoms with Gasteiger partial charge in [0.15, 0.2) is 0 Å². The zero-order valence-corrected chi connectivity index (χ0v) is 16.0. The lowest BCUT2D eigenvalue weighted by Gasteiger charge is -2.37. The topological polar surface area (TPSA) is 60.9 Å². The molecule has 29 heavy (non-hydrogen) atoms. The summed E-state index contributed by atoms with van der Waals surface area (Å²) >= 11 is 0. The number of imide groups is 1. The maximum Gasteiger partial charge on any atom is 0.251 e. The van der Waals surface area contributed by atoms with Gasteiger partial charge >= 0.3 is 0 Å². The molecule has 2 aromatic carbocycles. The highest BCUT2D eigenvalue weighted by Crippen LogP contribution is 2.26. The predicted molar refractivity (Wildman–Crippen MR) is 106 cm³/mol. The second-order valence-corrected chi connectivity index (χ2v) is 7.34. The van der Waals surface area contributed by atoms with Gasteiger partial charge in [-0.3, -0.25) is 19.3 Å². The van der Waals surface area contributed by atoms with E-state index in [-0.39, 0.29) is 24.1 Å². The maximum atomic E-state index is 13.1. The van der Waals surface area contributed by atoms with E-state index in [1.807, 2.05) is 40.1 Å². The number of anilines is 1. The summed E-state index contributed by atoms with van der Waals surface area (Å²) in [7, 11) is 0. The molecule has 150 valence electrons. The number of benzene rings is 2. The van der Waals surface area contributed by atoms with Crippen molar-refractivity contribution in [3.8, 4) is 0 Å². The second kappa shape index (κ2) is 8.13. The van der Waals surface area contributed by atoms with E-state index in [1.54, 1.807) is 0 Å². The van der Waals surface area contributed by atoms with Crippen LogP contribution in [0, 0.1) is 5.82 Å². The number of hydrogen-bond acceptors (Lipinski definition) is 4. The van der Waals surface area contributed by atoms with Crippen LogP contribution in [-0.4, -0.2) is 59.7 Å². The lowest BCUT2D eigenvalue weighted by Crippen LogP contribution is -2.54. The van der Waals surface area contributed by atoms with Gasteiger partial charge in [0.25, 0.3) is 5.91 Å². The zero-order chi connectivity index (χ0) is 20.4. The fraction of sp³-hybridized carbons (Fsp3) is 0.318. The SMILES string of the molecule is O=C(Cc1ccccc1)N1CCN([C@@H]2CC(=O)N(c3ccc(F)cc3)C2=O)CC1. The molecule has 2 fully saturated rings. The van der Waals surface area contributed by atoms with Gasteiger partial charge in [-0.15, -0.1) is 0 Å². The van der Waals surface area contributed by atoms with Crippen molar-refractivity contribution in [1.82, 2.24) is 9.80 Å². The number of nitrogens with zero attached hydrogens (tertiary/aromatic N) is 3. The van der Waals surface area contributed by atoms with E-state index in [0.29, 0.717) is 38.3 Å². The Hall–Kier alpha value is -3.06. The Morgan fingerprint density at radius 1 is 0.931 bits per heavy atom. The minimum atomic E-state index is -0.529. The smallest absolute Gasteiger partial charge is 0.251 e. The van der Waals surface area contributed by atoms with Gasteiger partial charge in [-0.05, 0) is 29.8 Å². The third-order valence-electron chi connectivity index (χ3n) is 5.51. The number of piperazine rings is 1. The van der Waals surface area contributed by atoms with E-state index < -0.39 is 11.9 Å². The van der Waals surface area contributed by atoms with E-state index in [2.05, 4.69) is 0 Å². The average molecular weight is 395 g/mol. The van der Waals surface area contributed by atoms with Crippen LogP contribution < -0.4 is 4.90 Å². The molecule has 0 unspecified atom stereocenters. The third-order valence-corrected chi connectivity index (χ3v) is 5.51. The molecule has 4 rings (SSSR count). The van der Waals surface area contributed by atoms with E-state index in [4.69, 9.17) is 0 Å². The number of rotatable bonds is 4. The van der Waals surface area contributed by atoms with Crippen LogP contribution in [0.5, 0.6) is 0 Å². The molecule has 0 bridgehead atoms. The highest BCUT2D eigenvalue weighted by molar-refractivity contribution is 6.22. The number of amides is 3. The number of carbonyl (C=O) groups excluding carboxylic acids is 3. The lowest BCUT2D eigenvalue weighted by atomic mass is 10.1. The van der Waals surface area contributed by atoms with Crippen LogP contribution in [0.4, 0.5) is 10.1 Å². The lowest BCUT2D eigenvalue weighted by molar-refractivity contribution is -0.133. The molecule has 2 aliphatic heterocycles. The summed E-state index contributed by atoms with van der Waals surface area (Å²) in [6, 6.07) is 14.4. The molecule has 2 heterocycles. The first kappa shape index (κ1) is 19.3. The van der Waals surface area contributed by atoms with Gasteiger partial charge in [-0.1, -0.05) is 30.3 Å². The molecule has 2 aromatic rings. The Balaban J connectivity index is 1.36. The maximum absolute atomic E-state index is 13.1. The Morgan fingerprint density at radius 3 is 2.24 bits per heavy atom. The van der Waals surface area contributed by atoms with Gasteiger partial charge in [0.05, 0.1) is 24.6 Å². The first-order chi connectivity index (χ1) is 14.0. The highest BCUT2D eigenvalue weighted by Gasteiger charge is 2.43. The fourth-order valence-corrected chi connectivity index (χ4v) is 3.93. The molecule has 0 radical (unpaired) electrons. The summed E-state index contributed by atoms with van der Waals surface area (Å²) in [4.78, 5) is 42.7. The Labute approximate surface area is 168 Å². The predicted octanol–water partition coefficient (Wildman–Crippen LogP) is 1.84. The van der Waals surface area contributed by atoms with E-state index >= 15 is 0 Å². The average Bonchev–Trinajstić information content (AvgIpc) is 3.04. The monoisotopic (exact) mass is 395 g/mol. The summed E-state index contributed by atoms with van der Waals surface area (Å²) in [6.07, 6.45) is 0.466. The van der Waals surface area contributed by atoms with Crippen molar-refractivity contribution in [2.24, 2.45) is 0 Å². The van der Waals surface area contributed by atoms with Crippen LogP contribution >= 0.6 is 0 Å². The van der Waals surface area contributed by atoms with Crippen molar-refractivity contribution in [2.75, 3.05) is 31.1 Å². The molecule has 2 saturated heterocycles. The van der Waals surface area contributed by atoms with Crippen molar-refractivity contribution >= 4 is 23.4 Å². The van der Waals surface area contributed by atoms with Crippen LogP contribution in [0.15, 0.2) is 54.6 Å². The number of halogens is 1. The molecule has 0 spiro atoms. The van der Waals surface area contributed by atoms with Gasteiger partial charge in [0.1, 0.15) is 5.82 Å². The second-order valence-electron chi connectivity index (χ2n) is 7.34. The van der Waals surface area contributed by atoms with Crippen molar-refractivity contribution in [1.29, 1.82) is 0 Å². The first-order valence-electron chi connectivity index (χ1n) is 9.71. The summed E-state index contributed by atoms with van der Waals surface area (Å²) in [6.45, 7) is 2.14. The molecular formula is C22H22FN3O3. The third kappa shape index (κ3) is 4.05. The Kier molecular flexibility index (Phi) is 5.40. The molecule has 0 aliphatic carbocycles. The van der Waals surface area contributed by atoms with Crippen LogP contribution in [0.3, 0.4) is 0 Å². The van der Waals surface area contributed by atoms with Crippen LogP contribution in [-0.2, 0) is 20.8 Å². The molecule has 6 nitrogen and oxygen atoms in total. The molecule has 0 N–H and O–H groups in total. The van der Waals surface area contributed by atoms with E-state index in [1.165, 1.54) is 24.3 Å². The molecule has 0 saturated carbocycles. The molecule has 1 atom stereocenters.